The standard InChI is InChI=1S/C15H19N3S2/c1-3-17-15(2,11-16)9-6-10-19-14-18-12-7-4-5-8-13(12)20-14/h4-5,7-8,17H,3,6,9-10H2,1-2H3. The Bertz CT molecular complexity index is 569. The lowest BCUT2D eigenvalue weighted by Gasteiger charge is -2.21. The molecule has 1 aromatic heterocycles. The van der Waals surface area contributed by atoms with Gasteiger partial charge in [0.25, 0.3) is 0 Å². The average Bonchev–Trinajstić information content (AvgIpc) is 2.87. The van der Waals surface area contributed by atoms with Crippen LogP contribution < -0.4 is 5.32 Å². The van der Waals surface area contributed by atoms with E-state index in [-0.39, 0.29) is 0 Å². The zero-order valence-electron chi connectivity index (χ0n) is 11.8. The van der Waals surface area contributed by atoms with Gasteiger partial charge >= 0.3 is 0 Å². The van der Waals surface area contributed by atoms with Gasteiger partial charge < -0.3 is 0 Å². The average molecular weight is 305 g/mol. The summed E-state index contributed by atoms with van der Waals surface area (Å²) in [6.45, 7) is 4.83. The zero-order chi connectivity index (χ0) is 14.4. The van der Waals surface area contributed by atoms with E-state index < -0.39 is 5.54 Å². The van der Waals surface area contributed by atoms with Crippen LogP contribution in [0.15, 0.2) is 28.6 Å². The number of para-hydroxylation sites is 1. The molecule has 1 unspecified atom stereocenters. The Morgan fingerprint density at radius 2 is 2.25 bits per heavy atom. The number of nitriles is 1. The fourth-order valence-electron chi connectivity index (χ4n) is 2.07. The third-order valence-electron chi connectivity index (χ3n) is 3.13. The summed E-state index contributed by atoms with van der Waals surface area (Å²) in [4.78, 5) is 4.60. The first-order chi connectivity index (χ1) is 9.67. The monoisotopic (exact) mass is 305 g/mol. The van der Waals surface area contributed by atoms with Crippen molar-refractivity contribution in [2.24, 2.45) is 0 Å². The van der Waals surface area contributed by atoms with E-state index in [2.05, 4.69) is 22.4 Å². The summed E-state index contributed by atoms with van der Waals surface area (Å²) in [6.07, 6.45) is 1.88. The van der Waals surface area contributed by atoms with Crippen LogP contribution in [0.5, 0.6) is 0 Å². The van der Waals surface area contributed by atoms with Crippen LogP contribution in [0.4, 0.5) is 0 Å². The molecule has 20 heavy (non-hydrogen) atoms. The second-order valence-electron chi connectivity index (χ2n) is 4.87. The topological polar surface area (TPSA) is 48.7 Å². The predicted octanol–water partition coefficient (Wildman–Crippen LogP) is 4.06. The predicted molar refractivity (Wildman–Crippen MR) is 87.3 cm³/mol. The van der Waals surface area contributed by atoms with Crippen LogP contribution in [0.3, 0.4) is 0 Å². The van der Waals surface area contributed by atoms with Crippen LogP contribution in [-0.4, -0.2) is 22.8 Å². The van der Waals surface area contributed by atoms with E-state index >= 15 is 0 Å². The van der Waals surface area contributed by atoms with Crippen molar-refractivity contribution >= 4 is 33.3 Å². The first-order valence-electron chi connectivity index (χ1n) is 6.81. The molecule has 0 radical (unpaired) electrons. The summed E-state index contributed by atoms with van der Waals surface area (Å²) in [5.41, 5.74) is 0.678. The molecule has 0 bridgehead atoms. The molecular weight excluding hydrogens is 286 g/mol. The molecular formula is C15H19N3S2. The summed E-state index contributed by atoms with van der Waals surface area (Å²) < 4.78 is 2.36. The number of nitrogens with one attached hydrogen (secondary N) is 1. The molecule has 106 valence electrons. The Labute approximate surface area is 128 Å². The summed E-state index contributed by atoms with van der Waals surface area (Å²) >= 11 is 3.53. The van der Waals surface area contributed by atoms with Gasteiger partial charge in [0.1, 0.15) is 5.54 Å². The Hall–Kier alpha value is -1.09. The molecule has 3 nitrogen and oxygen atoms in total. The fourth-order valence-corrected chi connectivity index (χ4v) is 4.15. The van der Waals surface area contributed by atoms with E-state index in [0.717, 1.165) is 35.0 Å². The number of rotatable bonds is 7. The van der Waals surface area contributed by atoms with Crippen LogP contribution in [0.2, 0.25) is 0 Å². The quantitative estimate of drug-likeness (QED) is 0.619. The number of nitrogens with zero attached hydrogens (tertiary/aromatic N) is 2. The van der Waals surface area contributed by atoms with Gasteiger partial charge in [-0.3, -0.25) is 5.32 Å². The van der Waals surface area contributed by atoms with E-state index in [4.69, 9.17) is 0 Å². The first kappa shape index (κ1) is 15.3. The van der Waals surface area contributed by atoms with Crippen molar-refractivity contribution in [3.8, 4) is 6.07 Å². The lowest BCUT2D eigenvalue weighted by Crippen LogP contribution is -2.40. The molecule has 1 aromatic carbocycles. The van der Waals surface area contributed by atoms with Crippen LogP contribution in [-0.2, 0) is 0 Å². The van der Waals surface area contributed by atoms with Crippen LogP contribution >= 0.6 is 23.1 Å². The highest BCUT2D eigenvalue weighted by Gasteiger charge is 2.21. The lowest BCUT2D eigenvalue weighted by atomic mass is 9.98. The van der Waals surface area contributed by atoms with Gasteiger partial charge in [0.05, 0.1) is 16.3 Å². The largest absolute Gasteiger partial charge is 0.300 e. The summed E-state index contributed by atoms with van der Waals surface area (Å²) in [7, 11) is 0. The molecule has 0 spiro atoms. The van der Waals surface area contributed by atoms with E-state index in [1.807, 2.05) is 32.0 Å². The number of hydrogen-bond acceptors (Lipinski definition) is 5. The first-order valence-corrected chi connectivity index (χ1v) is 8.62. The highest BCUT2D eigenvalue weighted by molar-refractivity contribution is 8.01. The van der Waals surface area contributed by atoms with E-state index in [9.17, 15) is 5.26 Å². The minimum absolute atomic E-state index is 0.400. The molecule has 0 amide bonds. The fraction of sp³-hybridized carbons (Fsp3) is 0.467. The molecule has 2 rings (SSSR count). The number of hydrogen-bond donors (Lipinski definition) is 1. The molecule has 0 aliphatic carbocycles. The summed E-state index contributed by atoms with van der Waals surface area (Å²) in [6, 6.07) is 10.6. The number of fused-ring (bicyclic) bond motifs is 1. The van der Waals surface area contributed by atoms with E-state index in [1.54, 1.807) is 23.1 Å². The normalized spacial score (nSPS) is 14.1. The minimum atomic E-state index is -0.400. The SMILES string of the molecule is CCNC(C)(C#N)CCCSc1nc2ccccc2s1. The van der Waals surface area contributed by atoms with Crippen molar-refractivity contribution in [3.05, 3.63) is 24.3 Å². The number of thiazole rings is 1. The van der Waals surface area contributed by atoms with Gasteiger partial charge in [0, 0.05) is 5.75 Å². The van der Waals surface area contributed by atoms with Crippen molar-refractivity contribution in [2.75, 3.05) is 12.3 Å². The smallest absolute Gasteiger partial charge is 0.151 e. The van der Waals surface area contributed by atoms with Crippen LogP contribution in [0.25, 0.3) is 10.2 Å². The molecule has 0 aliphatic rings. The minimum Gasteiger partial charge on any atom is -0.300 e. The summed E-state index contributed by atoms with van der Waals surface area (Å²) in [5.74, 6) is 1.00. The molecule has 0 saturated carbocycles. The van der Waals surface area contributed by atoms with Gasteiger partial charge in [-0.2, -0.15) is 5.26 Å². The van der Waals surface area contributed by atoms with E-state index in [1.165, 1.54) is 4.70 Å². The van der Waals surface area contributed by atoms with Gasteiger partial charge in [-0.05, 0) is 38.4 Å². The van der Waals surface area contributed by atoms with Crippen molar-refractivity contribution in [2.45, 2.75) is 36.6 Å². The molecule has 0 saturated heterocycles. The Morgan fingerprint density at radius 3 is 2.95 bits per heavy atom. The number of benzene rings is 1. The second kappa shape index (κ2) is 7.07. The van der Waals surface area contributed by atoms with Gasteiger partial charge in [-0.15, -0.1) is 11.3 Å². The molecule has 5 heteroatoms. The van der Waals surface area contributed by atoms with E-state index in [0.29, 0.717) is 0 Å². The molecule has 2 aromatic rings. The molecule has 1 atom stereocenters. The maximum absolute atomic E-state index is 9.20. The second-order valence-corrected chi connectivity index (χ2v) is 7.25. The van der Waals surface area contributed by atoms with Gasteiger partial charge in [-0.25, -0.2) is 4.98 Å². The molecule has 1 N–H and O–H groups in total. The molecule has 1 heterocycles. The maximum atomic E-state index is 9.20. The Morgan fingerprint density at radius 1 is 1.45 bits per heavy atom. The summed E-state index contributed by atoms with van der Waals surface area (Å²) in [5, 5.41) is 12.4. The zero-order valence-corrected chi connectivity index (χ0v) is 13.5. The van der Waals surface area contributed by atoms with Crippen molar-refractivity contribution in [3.63, 3.8) is 0 Å². The number of thioether (sulfide) groups is 1. The highest BCUT2D eigenvalue weighted by Crippen LogP contribution is 2.30. The third kappa shape index (κ3) is 3.95. The van der Waals surface area contributed by atoms with Gasteiger partial charge in [-0.1, -0.05) is 30.8 Å². The maximum Gasteiger partial charge on any atom is 0.151 e. The van der Waals surface area contributed by atoms with Gasteiger partial charge in [0.2, 0.25) is 0 Å². The highest BCUT2D eigenvalue weighted by atomic mass is 32.2. The third-order valence-corrected chi connectivity index (χ3v) is 5.40. The number of aromatic nitrogens is 1. The Kier molecular flexibility index (Phi) is 5.41. The molecule has 0 aliphatic heterocycles. The molecule has 0 fully saturated rings. The van der Waals surface area contributed by atoms with Crippen molar-refractivity contribution in [1.82, 2.24) is 10.3 Å². The van der Waals surface area contributed by atoms with Crippen LogP contribution in [0.1, 0.15) is 26.7 Å². The lowest BCUT2D eigenvalue weighted by molar-refractivity contribution is 0.426. The van der Waals surface area contributed by atoms with Crippen molar-refractivity contribution < 1.29 is 0 Å². The van der Waals surface area contributed by atoms with Gasteiger partial charge in [0.15, 0.2) is 4.34 Å². The van der Waals surface area contributed by atoms with Crippen molar-refractivity contribution in [1.29, 1.82) is 5.26 Å². The Balaban J connectivity index is 1.83. The van der Waals surface area contributed by atoms with Crippen LogP contribution in [0, 0.1) is 11.3 Å².